The third-order valence-corrected chi connectivity index (χ3v) is 0.885. The van der Waals surface area contributed by atoms with Crippen molar-refractivity contribution in [2.45, 2.75) is 0 Å². The van der Waals surface area contributed by atoms with Crippen LogP contribution in [0.4, 0.5) is 0 Å². The molecule has 0 radical (unpaired) electrons. The Hall–Kier alpha value is 0.403. The third kappa shape index (κ3) is 12.4. The number of aromatic amines is 2. The second-order valence-corrected chi connectivity index (χ2v) is 1.63. The van der Waals surface area contributed by atoms with E-state index in [9.17, 15) is 0 Å². The molecule has 0 fully saturated rings. The molecule has 0 atom stereocenters. The molecule has 0 bridgehead atoms. The van der Waals surface area contributed by atoms with Gasteiger partial charge in [-0.05, 0) is 0 Å². The van der Waals surface area contributed by atoms with Gasteiger partial charge in [0.15, 0.2) is 0 Å². The van der Waals surface area contributed by atoms with E-state index in [1.54, 1.807) is 0 Å². The Morgan fingerprint density at radius 2 is 1.15 bits per heavy atom. The van der Waals surface area contributed by atoms with Gasteiger partial charge in [-0.15, -0.1) is 12.4 Å². The van der Waals surface area contributed by atoms with Crippen LogP contribution in [0.1, 0.15) is 0 Å². The number of hydrogen-bond acceptors (Lipinski definition) is 0. The first-order valence-electron chi connectivity index (χ1n) is 2.99. The van der Waals surface area contributed by atoms with Gasteiger partial charge in [0.1, 0.15) is 0 Å². The van der Waals surface area contributed by atoms with Gasteiger partial charge in [0, 0.05) is 0 Å². The van der Waals surface area contributed by atoms with Crippen molar-refractivity contribution in [1.29, 1.82) is 0 Å². The van der Waals surface area contributed by atoms with Crippen LogP contribution in [0.25, 0.3) is 0 Å². The summed E-state index contributed by atoms with van der Waals surface area (Å²) in [6, 6.07) is 7.42. The van der Waals surface area contributed by atoms with E-state index < -0.39 is 0 Å². The summed E-state index contributed by atoms with van der Waals surface area (Å²) in [6.45, 7) is 0. The van der Waals surface area contributed by atoms with Crippen molar-refractivity contribution >= 4 is 0 Å². The van der Waals surface area contributed by atoms with Crippen molar-refractivity contribution in [3.8, 4) is 0 Å². The second kappa shape index (κ2) is 14.9. The van der Waals surface area contributed by atoms with E-state index in [2.05, 4.69) is 22.4 Å². The zero-order valence-electron chi connectivity index (χ0n) is 6.72. The molecule has 0 saturated heterocycles. The maximum Gasteiger partial charge on any atom is 4.00 e. The first-order valence-corrected chi connectivity index (χ1v) is 2.99. The zero-order valence-corrected chi connectivity index (χ0v) is 12.4. The fraction of sp³-hybridized carbons (Fsp3) is 0. The minimum Gasteiger partial charge on any atom is -1.00 e. The fourth-order valence-electron chi connectivity index (χ4n) is 0.481. The largest absolute Gasteiger partial charge is 4.00 e. The summed E-state index contributed by atoms with van der Waals surface area (Å²) in [6.07, 6.45) is 9.11. The summed E-state index contributed by atoms with van der Waals surface area (Å²) in [5, 5.41) is 0. The van der Waals surface area contributed by atoms with E-state index in [0.717, 1.165) is 0 Å². The van der Waals surface area contributed by atoms with Crippen LogP contribution >= 0.6 is 0 Å². The Morgan fingerprint density at radius 3 is 1.23 bits per heavy atom. The summed E-state index contributed by atoms with van der Waals surface area (Å²) in [5.74, 6) is 0. The van der Waals surface area contributed by atoms with Gasteiger partial charge >= 0.3 is 26.2 Å². The van der Waals surface area contributed by atoms with Crippen molar-refractivity contribution in [2.75, 3.05) is 0 Å². The van der Waals surface area contributed by atoms with Crippen LogP contribution < -0.4 is 34.0 Å². The minimum absolute atomic E-state index is 0. The number of nitrogens with one attached hydrogen (secondary N) is 2. The molecule has 2 heterocycles. The Balaban J connectivity index is -0.000000125. The van der Waals surface area contributed by atoms with E-state index in [-0.39, 0.29) is 60.2 Å². The smallest absolute Gasteiger partial charge is 1.00 e. The maximum atomic E-state index is 2.74. The number of rotatable bonds is 0. The molecule has 68 valence electrons. The number of halogens is 2. The van der Waals surface area contributed by atoms with Gasteiger partial charge < -0.3 is 43.9 Å². The maximum absolute atomic E-state index is 2.74. The summed E-state index contributed by atoms with van der Waals surface area (Å²) >= 11 is 0. The molecule has 5 heteroatoms. The minimum atomic E-state index is 0. The molecule has 2 N–H and O–H groups in total. The normalized spacial score (nSPS) is 6.15. The summed E-state index contributed by atoms with van der Waals surface area (Å²) in [4.78, 5) is 5.47. The van der Waals surface area contributed by atoms with Crippen LogP contribution in [0.15, 0.2) is 36.7 Å². The van der Waals surface area contributed by atoms with Crippen LogP contribution in [0.2, 0.25) is 0 Å². The molecule has 0 spiro atoms. The average molecular weight is 383 g/mol. The van der Waals surface area contributed by atoms with Gasteiger partial charge in [-0.3, -0.25) is 0 Å². The number of aromatic nitrogens is 2. The van der Waals surface area contributed by atoms with Crippen LogP contribution in [0.3, 0.4) is 0 Å². The molecular formula is C8H8Br2N2Zr. The molecule has 0 aliphatic carbocycles. The quantitative estimate of drug-likeness (QED) is 0.431. The van der Waals surface area contributed by atoms with Gasteiger partial charge in [0.25, 0.3) is 0 Å². The van der Waals surface area contributed by atoms with Crippen LogP contribution in [0, 0.1) is 12.4 Å². The SMILES string of the molecule is [Br-].[Br-].[Zr+4].[c-]1ccc[nH]1.[c-]1ccc[nH]1. The Labute approximate surface area is 118 Å². The molecule has 2 aromatic rings. The molecule has 0 saturated carbocycles. The van der Waals surface area contributed by atoms with E-state index in [1.807, 2.05) is 36.7 Å². The Kier molecular flexibility index (Phi) is 21.8. The van der Waals surface area contributed by atoms with Crippen molar-refractivity contribution in [2.24, 2.45) is 0 Å². The van der Waals surface area contributed by atoms with Crippen molar-refractivity contribution in [3.63, 3.8) is 0 Å². The Bertz CT molecular complexity index is 159. The van der Waals surface area contributed by atoms with Crippen molar-refractivity contribution in [3.05, 3.63) is 49.1 Å². The molecular weight excluding hydrogens is 375 g/mol. The first-order chi connectivity index (χ1) is 5.00. The topological polar surface area (TPSA) is 31.6 Å². The van der Waals surface area contributed by atoms with E-state index in [0.29, 0.717) is 0 Å². The van der Waals surface area contributed by atoms with E-state index in [1.165, 1.54) is 0 Å². The van der Waals surface area contributed by atoms with Crippen LogP contribution in [-0.4, -0.2) is 9.97 Å². The van der Waals surface area contributed by atoms with Gasteiger partial charge in [-0.2, -0.15) is 36.7 Å². The van der Waals surface area contributed by atoms with E-state index in [4.69, 9.17) is 0 Å². The molecule has 0 unspecified atom stereocenters. The second-order valence-electron chi connectivity index (χ2n) is 1.63. The van der Waals surface area contributed by atoms with Crippen LogP contribution in [-0.2, 0) is 26.2 Å². The monoisotopic (exact) mass is 380 g/mol. The third-order valence-electron chi connectivity index (χ3n) is 0.885. The fourth-order valence-corrected chi connectivity index (χ4v) is 0.481. The Morgan fingerprint density at radius 1 is 0.769 bits per heavy atom. The standard InChI is InChI=1S/2C4H4N.2BrH.Zr/c2*1-2-4-5-3-1;;;/h2*1-3,5H;2*1H;/q2*-1;;;+4/p-2. The van der Waals surface area contributed by atoms with Gasteiger partial charge in [0.05, 0.1) is 0 Å². The van der Waals surface area contributed by atoms with Gasteiger partial charge in [0.2, 0.25) is 0 Å². The summed E-state index contributed by atoms with van der Waals surface area (Å²) in [5.41, 5.74) is 0. The summed E-state index contributed by atoms with van der Waals surface area (Å²) < 4.78 is 0. The molecule has 2 rings (SSSR count). The summed E-state index contributed by atoms with van der Waals surface area (Å²) in [7, 11) is 0. The molecule has 2 aromatic heterocycles. The van der Waals surface area contributed by atoms with Crippen molar-refractivity contribution < 1.29 is 60.2 Å². The predicted octanol–water partition coefficient (Wildman–Crippen LogP) is -4.36. The number of H-pyrrole nitrogens is 2. The molecule has 0 aromatic carbocycles. The molecule has 0 aliphatic heterocycles. The first kappa shape index (κ1) is 19.1. The molecule has 0 aliphatic rings. The zero-order chi connectivity index (χ0) is 7.07. The molecule has 2 nitrogen and oxygen atoms in total. The van der Waals surface area contributed by atoms with Gasteiger partial charge in [-0.25, -0.2) is 0 Å². The van der Waals surface area contributed by atoms with Crippen molar-refractivity contribution in [1.82, 2.24) is 9.97 Å². The van der Waals surface area contributed by atoms with Gasteiger partial charge in [-0.1, -0.05) is 0 Å². The van der Waals surface area contributed by atoms with E-state index >= 15 is 0 Å². The molecule has 0 amide bonds. The van der Waals surface area contributed by atoms with Crippen LogP contribution in [0.5, 0.6) is 0 Å². The number of hydrogen-bond donors (Lipinski definition) is 2. The predicted molar refractivity (Wildman–Crippen MR) is 39.3 cm³/mol. The average Bonchev–Trinajstić information content (AvgIpc) is 2.67. The molecule has 13 heavy (non-hydrogen) atoms.